The van der Waals surface area contributed by atoms with Crippen LogP contribution in [0.1, 0.15) is 36.1 Å². The highest BCUT2D eigenvalue weighted by Gasteiger charge is 2.48. The van der Waals surface area contributed by atoms with Gasteiger partial charge in [0.15, 0.2) is 0 Å². The first-order valence-corrected chi connectivity index (χ1v) is 6.51. The summed E-state index contributed by atoms with van der Waals surface area (Å²) in [6.07, 6.45) is 0.459. The number of amides is 1. The van der Waals surface area contributed by atoms with E-state index in [0.29, 0.717) is 6.42 Å². The maximum atomic E-state index is 11.9. The molecule has 0 aliphatic heterocycles. The second-order valence-electron chi connectivity index (χ2n) is 5.31. The summed E-state index contributed by atoms with van der Waals surface area (Å²) in [4.78, 5) is 22.7. The van der Waals surface area contributed by atoms with Crippen molar-refractivity contribution in [1.82, 2.24) is 5.32 Å². The van der Waals surface area contributed by atoms with E-state index in [1.807, 2.05) is 39.0 Å². The number of benzene rings is 1. The highest BCUT2D eigenvalue weighted by atomic mass is 16.4. The SMILES string of the molecule is Cc1cccc([C@H](C)NC(=O)[C@H]2C[C@H]2C(=O)O)c1C. The minimum absolute atomic E-state index is 0.0950. The van der Waals surface area contributed by atoms with Crippen LogP contribution in [-0.4, -0.2) is 17.0 Å². The number of hydrogen-bond donors (Lipinski definition) is 2. The van der Waals surface area contributed by atoms with Gasteiger partial charge in [-0.15, -0.1) is 0 Å². The number of carboxylic acids is 1. The molecule has 0 bridgehead atoms. The van der Waals surface area contributed by atoms with Crippen LogP contribution in [0.15, 0.2) is 18.2 Å². The van der Waals surface area contributed by atoms with E-state index in [4.69, 9.17) is 5.11 Å². The molecule has 2 N–H and O–H groups in total. The van der Waals surface area contributed by atoms with Crippen molar-refractivity contribution in [3.63, 3.8) is 0 Å². The maximum absolute atomic E-state index is 11.9. The van der Waals surface area contributed by atoms with E-state index in [0.717, 1.165) is 5.56 Å². The number of rotatable bonds is 4. The van der Waals surface area contributed by atoms with Crippen molar-refractivity contribution in [1.29, 1.82) is 0 Å². The van der Waals surface area contributed by atoms with E-state index in [1.165, 1.54) is 11.1 Å². The number of carboxylic acid groups (broad SMARTS) is 1. The van der Waals surface area contributed by atoms with E-state index in [9.17, 15) is 9.59 Å². The lowest BCUT2D eigenvalue weighted by atomic mass is 9.98. The summed E-state index contributed by atoms with van der Waals surface area (Å²) in [7, 11) is 0. The fraction of sp³-hybridized carbons (Fsp3) is 0.467. The second kappa shape index (κ2) is 5.03. The van der Waals surface area contributed by atoms with Crippen molar-refractivity contribution in [3.8, 4) is 0 Å². The Morgan fingerprint density at radius 2 is 2.00 bits per heavy atom. The van der Waals surface area contributed by atoms with Gasteiger partial charge in [0, 0.05) is 0 Å². The minimum atomic E-state index is -0.875. The van der Waals surface area contributed by atoms with Crippen LogP contribution in [0, 0.1) is 25.7 Å². The third-order valence-corrected chi connectivity index (χ3v) is 3.92. The predicted octanol–water partition coefficient (Wildman–Crippen LogP) is 2.20. The van der Waals surface area contributed by atoms with Crippen LogP contribution in [0.5, 0.6) is 0 Å². The van der Waals surface area contributed by atoms with Gasteiger partial charge in [-0.1, -0.05) is 18.2 Å². The summed E-state index contributed by atoms with van der Waals surface area (Å²) < 4.78 is 0. The third-order valence-electron chi connectivity index (χ3n) is 3.92. The summed E-state index contributed by atoms with van der Waals surface area (Å²) in [5.74, 6) is -1.88. The van der Waals surface area contributed by atoms with Gasteiger partial charge in [-0.2, -0.15) is 0 Å². The Balaban J connectivity index is 2.02. The van der Waals surface area contributed by atoms with Gasteiger partial charge < -0.3 is 10.4 Å². The van der Waals surface area contributed by atoms with E-state index in [2.05, 4.69) is 5.32 Å². The molecule has 1 aromatic rings. The van der Waals surface area contributed by atoms with Gasteiger partial charge in [0.05, 0.1) is 17.9 Å². The zero-order valence-corrected chi connectivity index (χ0v) is 11.4. The summed E-state index contributed by atoms with van der Waals surface area (Å²) in [6.45, 7) is 6.00. The quantitative estimate of drug-likeness (QED) is 0.873. The highest BCUT2D eigenvalue weighted by Crippen LogP contribution is 2.39. The molecule has 0 heterocycles. The average Bonchev–Trinajstić information content (AvgIpc) is 3.12. The van der Waals surface area contributed by atoms with Crippen molar-refractivity contribution in [2.24, 2.45) is 11.8 Å². The monoisotopic (exact) mass is 261 g/mol. The van der Waals surface area contributed by atoms with Gasteiger partial charge in [0.1, 0.15) is 0 Å². The smallest absolute Gasteiger partial charge is 0.307 e. The van der Waals surface area contributed by atoms with Crippen LogP contribution in [-0.2, 0) is 9.59 Å². The molecule has 1 aliphatic carbocycles. The first-order chi connectivity index (χ1) is 8.91. The standard InChI is InChI=1S/C15H19NO3/c1-8-5-4-6-11(9(8)2)10(3)16-14(17)12-7-13(12)15(18)19/h4-6,10,12-13H,7H2,1-3H3,(H,16,17)(H,18,19)/t10-,12-,13+/m0/s1. The number of aliphatic carboxylic acids is 1. The third kappa shape index (κ3) is 2.78. The molecule has 102 valence electrons. The molecule has 1 amide bonds. The number of hydrogen-bond acceptors (Lipinski definition) is 2. The topological polar surface area (TPSA) is 66.4 Å². The van der Waals surface area contributed by atoms with Crippen LogP contribution < -0.4 is 5.32 Å². The van der Waals surface area contributed by atoms with Gasteiger partial charge in [0.25, 0.3) is 0 Å². The first kappa shape index (κ1) is 13.6. The largest absolute Gasteiger partial charge is 0.481 e. The molecule has 0 saturated heterocycles. The van der Waals surface area contributed by atoms with E-state index in [-0.39, 0.29) is 17.9 Å². The number of carbonyl (C=O) groups excluding carboxylic acids is 1. The van der Waals surface area contributed by atoms with Crippen molar-refractivity contribution >= 4 is 11.9 Å². The van der Waals surface area contributed by atoms with Crippen LogP contribution in [0.4, 0.5) is 0 Å². The summed E-state index contributed by atoms with van der Waals surface area (Å²) in [6, 6.07) is 5.91. The fourth-order valence-corrected chi connectivity index (χ4v) is 2.40. The van der Waals surface area contributed by atoms with Gasteiger partial charge in [-0.05, 0) is 43.9 Å². The Hall–Kier alpha value is -1.84. The lowest BCUT2D eigenvalue weighted by molar-refractivity contribution is -0.140. The van der Waals surface area contributed by atoms with Crippen molar-refractivity contribution in [2.45, 2.75) is 33.2 Å². The summed E-state index contributed by atoms with van der Waals surface area (Å²) in [5.41, 5.74) is 3.44. The average molecular weight is 261 g/mol. The molecule has 1 aliphatic rings. The van der Waals surface area contributed by atoms with Crippen LogP contribution in [0.3, 0.4) is 0 Å². The van der Waals surface area contributed by atoms with Crippen molar-refractivity contribution in [3.05, 3.63) is 34.9 Å². The second-order valence-corrected chi connectivity index (χ2v) is 5.31. The Labute approximate surface area is 112 Å². The van der Waals surface area contributed by atoms with Crippen LogP contribution >= 0.6 is 0 Å². The normalized spacial score (nSPS) is 22.7. The van der Waals surface area contributed by atoms with Gasteiger partial charge in [-0.3, -0.25) is 9.59 Å². The zero-order valence-electron chi connectivity index (χ0n) is 11.4. The maximum Gasteiger partial charge on any atom is 0.307 e. The Bertz CT molecular complexity index is 524. The molecule has 0 spiro atoms. The van der Waals surface area contributed by atoms with E-state index < -0.39 is 11.9 Å². The van der Waals surface area contributed by atoms with Crippen LogP contribution in [0.25, 0.3) is 0 Å². The molecule has 1 saturated carbocycles. The number of aryl methyl sites for hydroxylation is 1. The van der Waals surface area contributed by atoms with Crippen molar-refractivity contribution < 1.29 is 14.7 Å². The fourth-order valence-electron chi connectivity index (χ4n) is 2.40. The Kier molecular flexibility index (Phi) is 3.60. The van der Waals surface area contributed by atoms with E-state index >= 15 is 0 Å². The molecule has 0 radical (unpaired) electrons. The Morgan fingerprint density at radius 3 is 2.58 bits per heavy atom. The number of carbonyl (C=O) groups is 2. The molecular weight excluding hydrogens is 242 g/mol. The highest BCUT2D eigenvalue weighted by molar-refractivity contribution is 5.89. The first-order valence-electron chi connectivity index (χ1n) is 6.51. The van der Waals surface area contributed by atoms with Gasteiger partial charge in [-0.25, -0.2) is 0 Å². The van der Waals surface area contributed by atoms with Gasteiger partial charge >= 0.3 is 5.97 Å². The van der Waals surface area contributed by atoms with Crippen LogP contribution in [0.2, 0.25) is 0 Å². The molecule has 4 heteroatoms. The summed E-state index contributed by atoms with van der Waals surface area (Å²) >= 11 is 0. The molecule has 0 aromatic heterocycles. The molecule has 0 unspecified atom stereocenters. The molecule has 3 atom stereocenters. The zero-order chi connectivity index (χ0) is 14.2. The molecule has 1 fully saturated rings. The minimum Gasteiger partial charge on any atom is -0.481 e. The molecule has 19 heavy (non-hydrogen) atoms. The van der Waals surface area contributed by atoms with E-state index in [1.54, 1.807) is 0 Å². The lowest BCUT2D eigenvalue weighted by Gasteiger charge is -2.17. The molecular formula is C15H19NO3. The summed E-state index contributed by atoms with van der Waals surface area (Å²) in [5, 5.41) is 11.7. The lowest BCUT2D eigenvalue weighted by Crippen LogP contribution is -2.29. The molecule has 2 rings (SSSR count). The molecule has 4 nitrogen and oxygen atoms in total. The predicted molar refractivity (Wildman–Crippen MR) is 71.7 cm³/mol. The van der Waals surface area contributed by atoms with Gasteiger partial charge in [0.2, 0.25) is 5.91 Å². The van der Waals surface area contributed by atoms with Crippen molar-refractivity contribution in [2.75, 3.05) is 0 Å². The number of nitrogens with one attached hydrogen (secondary N) is 1. The Morgan fingerprint density at radius 1 is 1.32 bits per heavy atom. The molecule has 1 aromatic carbocycles.